The molecule has 1 fully saturated rings. The predicted octanol–water partition coefficient (Wildman–Crippen LogP) is 2.46. The molecule has 1 aliphatic rings. The second-order valence-corrected chi connectivity index (χ2v) is 6.29. The first-order chi connectivity index (χ1) is 8.56. The van der Waals surface area contributed by atoms with Crippen LogP contribution >= 0.6 is 0 Å². The van der Waals surface area contributed by atoms with Gasteiger partial charge in [0.05, 0.1) is 12.6 Å². The molecule has 0 spiro atoms. The van der Waals surface area contributed by atoms with Gasteiger partial charge in [0.25, 0.3) is 0 Å². The summed E-state index contributed by atoms with van der Waals surface area (Å²) in [5.74, 6) is 0.969. The normalized spacial score (nSPS) is 18.8. The zero-order valence-electron chi connectivity index (χ0n) is 11.8. The van der Waals surface area contributed by atoms with Crippen molar-refractivity contribution in [3.63, 3.8) is 0 Å². The molecule has 1 heterocycles. The fourth-order valence-electron chi connectivity index (χ4n) is 2.46. The van der Waals surface area contributed by atoms with Gasteiger partial charge in [0, 0.05) is 5.54 Å². The lowest BCUT2D eigenvalue weighted by Crippen LogP contribution is -2.36. The average Bonchev–Trinajstić information content (AvgIpc) is 2.59. The quantitative estimate of drug-likeness (QED) is 0.838. The van der Waals surface area contributed by atoms with E-state index >= 15 is 0 Å². The van der Waals surface area contributed by atoms with Gasteiger partial charge in [0.15, 0.2) is 5.82 Å². The van der Waals surface area contributed by atoms with Crippen molar-refractivity contribution in [2.75, 3.05) is 0 Å². The van der Waals surface area contributed by atoms with Crippen LogP contribution in [0.1, 0.15) is 71.2 Å². The predicted molar refractivity (Wildman–Crippen MR) is 71.1 cm³/mol. The van der Waals surface area contributed by atoms with Crippen molar-refractivity contribution in [3.8, 4) is 0 Å². The average molecular weight is 251 g/mol. The van der Waals surface area contributed by atoms with Crippen LogP contribution in [0, 0.1) is 0 Å². The first kappa shape index (κ1) is 13.5. The molecule has 1 saturated carbocycles. The van der Waals surface area contributed by atoms with Crippen molar-refractivity contribution >= 4 is 0 Å². The van der Waals surface area contributed by atoms with Crippen LogP contribution in [0.3, 0.4) is 0 Å². The Kier molecular flexibility index (Phi) is 4.32. The molecule has 0 radical (unpaired) electrons. The molecule has 1 aromatic rings. The first-order valence-corrected chi connectivity index (χ1v) is 7.08. The van der Waals surface area contributed by atoms with E-state index in [4.69, 9.17) is 0 Å². The zero-order chi connectivity index (χ0) is 13.0. The van der Waals surface area contributed by atoms with Gasteiger partial charge in [-0.1, -0.05) is 25.7 Å². The van der Waals surface area contributed by atoms with Crippen LogP contribution in [0.2, 0.25) is 0 Å². The Morgan fingerprint density at radius 2 is 1.83 bits per heavy atom. The number of hydrogen-bond acceptors (Lipinski definition) is 4. The summed E-state index contributed by atoms with van der Waals surface area (Å²) in [5, 5.41) is 15.7. The van der Waals surface area contributed by atoms with Crippen molar-refractivity contribution in [1.82, 2.24) is 25.5 Å². The molecule has 0 unspecified atom stereocenters. The Hall–Kier alpha value is -0.970. The molecule has 1 aliphatic carbocycles. The van der Waals surface area contributed by atoms with Gasteiger partial charge in [-0.15, -0.1) is 5.10 Å². The van der Waals surface area contributed by atoms with E-state index < -0.39 is 0 Å². The lowest BCUT2D eigenvalue weighted by atomic mass is 10.1. The molecule has 5 heteroatoms. The minimum Gasteiger partial charge on any atom is -0.305 e. The monoisotopic (exact) mass is 251 g/mol. The van der Waals surface area contributed by atoms with E-state index in [1.54, 1.807) is 0 Å². The molecular weight excluding hydrogens is 226 g/mol. The van der Waals surface area contributed by atoms with E-state index in [9.17, 15) is 0 Å². The molecule has 5 nitrogen and oxygen atoms in total. The van der Waals surface area contributed by atoms with E-state index in [0.29, 0.717) is 6.04 Å². The first-order valence-electron chi connectivity index (χ1n) is 7.08. The SMILES string of the molecule is CC(C)(C)NCc1nnnn1C1CCCCCC1. The van der Waals surface area contributed by atoms with Crippen molar-refractivity contribution in [2.45, 2.75) is 77.4 Å². The lowest BCUT2D eigenvalue weighted by Gasteiger charge is -2.21. The molecule has 0 amide bonds. The number of hydrogen-bond donors (Lipinski definition) is 1. The molecule has 1 aromatic heterocycles. The number of aromatic nitrogens is 4. The fraction of sp³-hybridized carbons (Fsp3) is 0.923. The Balaban J connectivity index is 2.02. The zero-order valence-corrected chi connectivity index (χ0v) is 11.8. The van der Waals surface area contributed by atoms with Gasteiger partial charge in [-0.05, 0) is 44.0 Å². The molecule has 2 rings (SSSR count). The summed E-state index contributed by atoms with van der Waals surface area (Å²) >= 11 is 0. The minimum absolute atomic E-state index is 0.0975. The molecule has 0 aliphatic heterocycles. The Morgan fingerprint density at radius 1 is 1.17 bits per heavy atom. The number of nitrogens with zero attached hydrogens (tertiary/aromatic N) is 4. The third-order valence-electron chi connectivity index (χ3n) is 3.51. The van der Waals surface area contributed by atoms with Crippen molar-refractivity contribution < 1.29 is 0 Å². The van der Waals surface area contributed by atoms with Gasteiger partial charge in [-0.3, -0.25) is 0 Å². The summed E-state index contributed by atoms with van der Waals surface area (Å²) in [5.41, 5.74) is 0.0975. The smallest absolute Gasteiger partial charge is 0.165 e. The Labute approximate surface area is 109 Å². The molecule has 0 saturated heterocycles. The van der Waals surface area contributed by atoms with Gasteiger partial charge in [-0.25, -0.2) is 4.68 Å². The van der Waals surface area contributed by atoms with E-state index in [2.05, 4.69) is 41.6 Å². The van der Waals surface area contributed by atoms with Crippen molar-refractivity contribution in [3.05, 3.63) is 5.82 Å². The maximum absolute atomic E-state index is 4.20. The van der Waals surface area contributed by atoms with Crippen LogP contribution in [-0.4, -0.2) is 25.7 Å². The van der Waals surface area contributed by atoms with Crippen LogP contribution in [0.25, 0.3) is 0 Å². The van der Waals surface area contributed by atoms with E-state index in [1.807, 2.05) is 4.68 Å². The van der Waals surface area contributed by atoms with Gasteiger partial charge in [0.1, 0.15) is 0 Å². The van der Waals surface area contributed by atoms with Gasteiger partial charge in [-0.2, -0.15) is 0 Å². The third-order valence-corrected chi connectivity index (χ3v) is 3.51. The van der Waals surface area contributed by atoms with Crippen LogP contribution in [0.15, 0.2) is 0 Å². The summed E-state index contributed by atoms with van der Waals surface area (Å²) in [7, 11) is 0. The molecule has 0 bridgehead atoms. The number of rotatable bonds is 3. The summed E-state index contributed by atoms with van der Waals surface area (Å²) in [6, 6.07) is 0.499. The summed E-state index contributed by atoms with van der Waals surface area (Å²) in [6.07, 6.45) is 7.75. The Morgan fingerprint density at radius 3 is 2.44 bits per heavy atom. The summed E-state index contributed by atoms with van der Waals surface area (Å²) in [6.45, 7) is 7.22. The van der Waals surface area contributed by atoms with Gasteiger partial charge < -0.3 is 5.32 Å². The van der Waals surface area contributed by atoms with Crippen LogP contribution < -0.4 is 5.32 Å². The lowest BCUT2D eigenvalue weighted by molar-refractivity contribution is 0.362. The highest BCUT2D eigenvalue weighted by molar-refractivity contribution is 4.87. The summed E-state index contributed by atoms with van der Waals surface area (Å²) in [4.78, 5) is 0. The van der Waals surface area contributed by atoms with E-state index in [1.165, 1.54) is 38.5 Å². The standard InChI is InChI=1S/C13H25N5/c1-13(2,3)14-10-12-15-16-17-18(12)11-8-6-4-5-7-9-11/h11,14H,4-10H2,1-3H3. The molecule has 0 atom stereocenters. The van der Waals surface area contributed by atoms with E-state index in [-0.39, 0.29) is 5.54 Å². The maximum atomic E-state index is 4.20. The van der Waals surface area contributed by atoms with E-state index in [0.717, 1.165) is 12.4 Å². The molecule has 1 N–H and O–H groups in total. The van der Waals surface area contributed by atoms with Crippen LogP contribution in [0.4, 0.5) is 0 Å². The fourth-order valence-corrected chi connectivity index (χ4v) is 2.46. The maximum Gasteiger partial charge on any atom is 0.165 e. The largest absolute Gasteiger partial charge is 0.305 e. The number of nitrogens with one attached hydrogen (secondary N) is 1. The van der Waals surface area contributed by atoms with Gasteiger partial charge in [0.2, 0.25) is 0 Å². The highest BCUT2D eigenvalue weighted by atomic mass is 15.6. The second kappa shape index (κ2) is 5.78. The van der Waals surface area contributed by atoms with Crippen molar-refractivity contribution in [1.29, 1.82) is 0 Å². The van der Waals surface area contributed by atoms with Crippen LogP contribution in [0.5, 0.6) is 0 Å². The summed E-state index contributed by atoms with van der Waals surface area (Å²) < 4.78 is 2.05. The Bertz CT molecular complexity index is 358. The molecule has 0 aromatic carbocycles. The van der Waals surface area contributed by atoms with Crippen LogP contribution in [-0.2, 0) is 6.54 Å². The second-order valence-electron chi connectivity index (χ2n) is 6.29. The third kappa shape index (κ3) is 3.77. The highest BCUT2D eigenvalue weighted by Gasteiger charge is 2.20. The molecule has 102 valence electrons. The highest BCUT2D eigenvalue weighted by Crippen LogP contribution is 2.26. The van der Waals surface area contributed by atoms with Gasteiger partial charge >= 0.3 is 0 Å². The molecular formula is C13H25N5. The topological polar surface area (TPSA) is 55.6 Å². The number of tetrazole rings is 1. The molecule has 18 heavy (non-hydrogen) atoms. The van der Waals surface area contributed by atoms with Crippen molar-refractivity contribution in [2.24, 2.45) is 0 Å². The minimum atomic E-state index is 0.0975.